The van der Waals surface area contributed by atoms with Crippen LogP contribution in [0.4, 0.5) is 13.2 Å². The van der Waals surface area contributed by atoms with E-state index in [2.05, 4.69) is 0 Å². The average Bonchev–Trinajstić information content (AvgIpc) is 2.35. The van der Waals surface area contributed by atoms with Gasteiger partial charge in [-0.2, -0.15) is 17.5 Å². The fraction of sp³-hybridized carbons (Fsp3) is 0.417. The van der Waals surface area contributed by atoms with Crippen LogP contribution in [0, 0.1) is 6.92 Å². The van der Waals surface area contributed by atoms with Crippen LogP contribution in [0.5, 0.6) is 0 Å². The molecule has 1 atom stereocenters. The van der Waals surface area contributed by atoms with Crippen LogP contribution in [0.2, 0.25) is 0 Å². The van der Waals surface area contributed by atoms with Gasteiger partial charge in [-0.3, -0.25) is 0 Å². The first-order valence-corrected chi connectivity index (χ1v) is 7.69. The van der Waals surface area contributed by atoms with E-state index in [0.717, 1.165) is 29.4 Å². The van der Waals surface area contributed by atoms with Crippen LogP contribution in [-0.2, 0) is 16.2 Å². The molecule has 0 aliphatic rings. The Bertz CT molecular complexity index is 657. The Morgan fingerprint density at radius 3 is 2.33 bits per heavy atom. The second-order valence-corrected chi connectivity index (χ2v) is 6.96. The second-order valence-electron chi connectivity index (χ2n) is 4.53. The maximum Gasteiger partial charge on any atom is 0.416 e. The number of hydrogen-bond acceptors (Lipinski definition) is 3. The quantitative estimate of drug-likeness (QED) is 0.855. The Kier molecular flexibility index (Phi) is 5.01. The predicted octanol–water partition coefficient (Wildman–Crippen LogP) is 2.31. The zero-order chi connectivity index (χ0) is 16.6. The molecule has 9 heteroatoms. The molecule has 118 valence electrons. The summed E-state index contributed by atoms with van der Waals surface area (Å²) in [5, 5.41) is 0. The van der Waals surface area contributed by atoms with Gasteiger partial charge in [0.1, 0.15) is 0 Å². The molecule has 0 saturated carbocycles. The zero-order valence-corrected chi connectivity index (χ0v) is 13.2. The lowest BCUT2D eigenvalue weighted by atomic mass is 10.1. The summed E-state index contributed by atoms with van der Waals surface area (Å²) in [6.45, 7) is 2.58. The molecular formula is C12H15F3N2O2S2. The van der Waals surface area contributed by atoms with Gasteiger partial charge in [-0.1, -0.05) is 18.3 Å². The SMILES string of the molecule is Cc1c(C(F)(F)F)cccc1S(=O)(=O)N(C)C(C)C(N)=S. The lowest BCUT2D eigenvalue weighted by molar-refractivity contribution is -0.138. The lowest BCUT2D eigenvalue weighted by Gasteiger charge is -2.25. The third kappa shape index (κ3) is 3.53. The Balaban J connectivity index is 3.44. The fourth-order valence-corrected chi connectivity index (χ4v) is 3.56. The van der Waals surface area contributed by atoms with E-state index in [1.807, 2.05) is 0 Å². The van der Waals surface area contributed by atoms with E-state index in [-0.39, 0.29) is 10.6 Å². The maximum absolute atomic E-state index is 12.9. The molecule has 1 rings (SSSR count). The molecular weight excluding hydrogens is 325 g/mol. The van der Waals surface area contributed by atoms with Gasteiger partial charge in [0, 0.05) is 7.05 Å². The number of likely N-dealkylation sites (N-methyl/N-ethyl adjacent to an activating group) is 1. The van der Waals surface area contributed by atoms with Crippen LogP contribution >= 0.6 is 12.2 Å². The highest BCUT2D eigenvalue weighted by molar-refractivity contribution is 7.89. The van der Waals surface area contributed by atoms with Gasteiger partial charge < -0.3 is 5.73 Å². The normalized spacial score (nSPS) is 14.2. The van der Waals surface area contributed by atoms with Gasteiger partial charge >= 0.3 is 6.18 Å². The summed E-state index contributed by atoms with van der Waals surface area (Å²) in [5.41, 5.74) is 4.05. The Morgan fingerprint density at radius 2 is 1.90 bits per heavy atom. The summed E-state index contributed by atoms with van der Waals surface area (Å²) in [7, 11) is -2.91. The van der Waals surface area contributed by atoms with Crippen LogP contribution < -0.4 is 5.73 Å². The monoisotopic (exact) mass is 340 g/mol. The van der Waals surface area contributed by atoms with Crippen molar-refractivity contribution in [3.8, 4) is 0 Å². The van der Waals surface area contributed by atoms with E-state index in [0.29, 0.717) is 0 Å². The van der Waals surface area contributed by atoms with Crippen LogP contribution in [0.15, 0.2) is 23.1 Å². The second kappa shape index (κ2) is 5.90. The van der Waals surface area contributed by atoms with Crippen LogP contribution in [0.1, 0.15) is 18.1 Å². The Labute approximate surface area is 126 Å². The fourth-order valence-electron chi connectivity index (χ4n) is 1.74. The number of benzene rings is 1. The van der Waals surface area contributed by atoms with Gasteiger partial charge in [0.05, 0.1) is 21.5 Å². The molecule has 0 aliphatic carbocycles. The molecule has 2 N–H and O–H groups in total. The molecule has 0 saturated heterocycles. The molecule has 21 heavy (non-hydrogen) atoms. The van der Waals surface area contributed by atoms with Gasteiger partial charge in [0.15, 0.2) is 0 Å². The maximum atomic E-state index is 12.9. The standard InChI is InChI=1S/C12H15F3N2O2S2/c1-7-9(12(13,14)15)5-4-6-10(7)21(18,19)17(3)8(2)11(16)20/h4-6,8H,1-3H3,(H2,16,20). The van der Waals surface area contributed by atoms with E-state index < -0.39 is 32.7 Å². The number of halogens is 3. The first kappa shape index (κ1) is 17.9. The third-order valence-corrected chi connectivity index (χ3v) is 5.62. The predicted molar refractivity (Wildman–Crippen MR) is 77.4 cm³/mol. The molecule has 1 aromatic carbocycles. The number of thiocarbonyl (C=S) groups is 1. The number of nitrogens with two attached hydrogens (primary N) is 1. The molecule has 0 heterocycles. The molecule has 4 nitrogen and oxygen atoms in total. The highest BCUT2D eigenvalue weighted by Gasteiger charge is 2.36. The lowest BCUT2D eigenvalue weighted by Crippen LogP contribution is -2.42. The van der Waals surface area contributed by atoms with Crippen molar-refractivity contribution in [1.82, 2.24) is 4.31 Å². The number of alkyl halides is 3. The minimum absolute atomic E-state index is 0.0642. The summed E-state index contributed by atoms with van der Waals surface area (Å²) in [5.74, 6) is 0. The van der Waals surface area contributed by atoms with Crippen LogP contribution in [-0.4, -0.2) is 30.8 Å². The number of rotatable bonds is 4. The van der Waals surface area contributed by atoms with E-state index in [1.165, 1.54) is 14.0 Å². The Morgan fingerprint density at radius 1 is 1.38 bits per heavy atom. The van der Waals surface area contributed by atoms with Gasteiger partial charge in [-0.05, 0) is 31.5 Å². The molecule has 0 aromatic heterocycles. The van der Waals surface area contributed by atoms with Crippen molar-refractivity contribution in [3.05, 3.63) is 29.3 Å². The summed E-state index contributed by atoms with van der Waals surface area (Å²) in [6.07, 6.45) is -4.62. The van der Waals surface area contributed by atoms with E-state index in [4.69, 9.17) is 18.0 Å². The first-order chi connectivity index (χ1) is 9.40. The van der Waals surface area contributed by atoms with Crippen molar-refractivity contribution < 1.29 is 21.6 Å². The molecule has 0 bridgehead atoms. The molecule has 0 spiro atoms. The van der Waals surface area contributed by atoms with Crippen molar-refractivity contribution in [2.75, 3.05) is 7.05 Å². The van der Waals surface area contributed by atoms with Gasteiger partial charge in [-0.25, -0.2) is 8.42 Å². The zero-order valence-electron chi connectivity index (χ0n) is 11.6. The number of nitrogens with zero attached hydrogens (tertiary/aromatic N) is 1. The summed E-state index contributed by atoms with van der Waals surface area (Å²) >= 11 is 4.72. The summed E-state index contributed by atoms with van der Waals surface area (Å²) < 4.78 is 64.3. The third-order valence-electron chi connectivity index (χ3n) is 3.20. The topological polar surface area (TPSA) is 63.4 Å². The molecule has 0 aliphatic heterocycles. The summed E-state index contributed by atoms with van der Waals surface area (Å²) in [6, 6.07) is 2.22. The highest BCUT2D eigenvalue weighted by Crippen LogP contribution is 2.34. The molecule has 1 unspecified atom stereocenters. The van der Waals surface area contributed by atoms with Gasteiger partial charge in [-0.15, -0.1) is 0 Å². The minimum Gasteiger partial charge on any atom is -0.392 e. The Hall–Kier alpha value is -1.19. The van der Waals surface area contributed by atoms with Crippen molar-refractivity contribution in [2.24, 2.45) is 5.73 Å². The van der Waals surface area contributed by atoms with Crippen LogP contribution in [0.3, 0.4) is 0 Å². The van der Waals surface area contributed by atoms with Crippen molar-refractivity contribution >= 4 is 27.2 Å². The highest BCUT2D eigenvalue weighted by atomic mass is 32.2. The van der Waals surface area contributed by atoms with Gasteiger partial charge in [0.25, 0.3) is 0 Å². The molecule has 0 amide bonds. The smallest absolute Gasteiger partial charge is 0.392 e. The molecule has 1 aromatic rings. The van der Waals surface area contributed by atoms with Crippen molar-refractivity contribution in [1.29, 1.82) is 0 Å². The van der Waals surface area contributed by atoms with Crippen LogP contribution in [0.25, 0.3) is 0 Å². The first-order valence-electron chi connectivity index (χ1n) is 5.85. The molecule has 0 fully saturated rings. The summed E-state index contributed by atoms with van der Waals surface area (Å²) in [4.78, 5) is -0.478. The minimum atomic E-state index is -4.62. The number of sulfonamides is 1. The van der Waals surface area contributed by atoms with Gasteiger partial charge in [0.2, 0.25) is 10.0 Å². The average molecular weight is 340 g/mol. The molecule has 0 radical (unpaired) electrons. The largest absolute Gasteiger partial charge is 0.416 e. The van der Waals surface area contributed by atoms with Crippen molar-refractivity contribution in [3.63, 3.8) is 0 Å². The van der Waals surface area contributed by atoms with E-state index in [9.17, 15) is 21.6 Å². The van der Waals surface area contributed by atoms with E-state index in [1.54, 1.807) is 0 Å². The van der Waals surface area contributed by atoms with Crippen molar-refractivity contribution in [2.45, 2.75) is 31.0 Å². The van der Waals surface area contributed by atoms with E-state index >= 15 is 0 Å². The number of hydrogen-bond donors (Lipinski definition) is 1.